The van der Waals surface area contributed by atoms with Gasteiger partial charge in [-0.25, -0.2) is 0 Å². The van der Waals surface area contributed by atoms with Crippen LogP contribution in [-0.2, 0) is 0 Å². The van der Waals surface area contributed by atoms with Crippen molar-refractivity contribution in [2.75, 3.05) is 0 Å². The molecule has 3 saturated carbocycles. The minimum atomic E-state index is -0.119. The highest BCUT2D eigenvalue weighted by molar-refractivity contribution is 5.27. The zero-order chi connectivity index (χ0) is 21.8. The number of allylic oxidation sites excluding steroid dienone is 3. The molecule has 4 aliphatic rings. The van der Waals surface area contributed by atoms with E-state index in [9.17, 15) is 5.11 Å². The summed E-state index contributed by atoms with van der Waals surface area (Å²) in [5, 5.41) is 10.5. The lowest BCUT2D eigenvalue weighted by Gasteiger charge is -2.59. The van der Waals surface area contributed by atoms with Crippen molar-refractivity contribution in [3.63, 3.8) is 0 Å². The van der Waals surface area contributed by atoms with Gasteiger partial charge in [-0.1, -0.05) is 72.3 Å². The molecule has 4 rings (SSSR count). The molecule has 170 valence electrons. The van der Waals surface area contributed by atoms with E-state index < -0.39 is 0 Å². The molecule has 0 aliphatic heterocycles. The maximum atomic E-state index is 10.5. The van der Waals surface area contributed by atoms with E-state index in [-0.39, 0.29) is 6.10 Å². The third kappa shape index (κ3) is 3.46. The molecule has 0 aromatic carbocycles. The van der Waals surface area contributed by atoms with E-state index >= 15 is 0 Å². The Morgan fingerprint density at radius 1 is 0.967 bits per heavy atom. The zero-order valence-electron chi connectivity index (χ0n) is 20.8. The summed E-state index contributed by atoms with van der Waals surface area (Å²) in [5.41, 5.74) is 2.48. The fourth-order valence-electron chi connectivity index (χ4n) is 8.67. The van der Waals surface area contributed by atoms with Crippen LogP contribution in [-0.4, -0.2) is 11.2 Å². The van der Waals surface area contributed by atoms with Gasteiger partial charge in [0.2, 0.25) is 0 Å². The quantitative estimate of drug-likeness (QED) is 0.470. The summed E-state index contributed by atoms with van der Waals surface area (Å²) in [5.74, 6) is 5.94. The topological polar surface area (TPSA) is 20.2 Å². The van der Waals surface area contributed by atoms with Crippen LogP contribution in [0, 0.1) is 58.2 Å². The summed E-state index contributed by atoms with van der Waals surface area (Å²) in [6.07, 6.45) is 16.7. The second kappa shape index (κ2) is 8.09. The summed E-state index contributed by atoms with van der Waals surface area (Å²) in [4.78, 5) is 0. The predicted molar refractivity (Wildman–Crippen MR) is 128 cm³/mol. The molecule has 4 aliphatic carbocycles. The van der Waals surface area contributed by atoms with Gasteiger partial charge < -0.3 is 5.11 Å². The second-order valence-electron chi connectivity index (χ2n) is 12.7. The Hall–Kier alpha value is -0.560. The molecule has 0 amide bonds. The van der Waals surface area contributed by atoms with Crippen LogP contribution in [0.25, 0.3) is 0 Å². The summed E-state index contributed by atoms with van der Waals surface area (Å²) in [6, 6.07) is 0. The largest absolute Gasteiger partial charge is 0.393 e. The van der Waals surface area contributed by atoms with E-state index in [1.807, 2.05) is 0 Å². The number of fused-ring (bicyclic) bond motifs is 5. The maximum absolute atomic E-state index is 10.5. The monoisotopic (exact) mass is 412 g/mol. The van der Waals surface area contributed by atoms with Crippen LogP contribution in [0.4, 0.5) is 0 Å². The Morgan fingerprint density at radius 2 is 1.70 bits per heavy atom. The lowest BCUT2D eigenvalue weighted by molar-refractivity contribution is -0.0617. The zero-order valence-corrected chi connectivity index (χ0v) is 20.8. The first-order chi connectivity index (χ1) is 14.1. The van der Waals surface area contributed by atoms with Crippen molar-refractivity contribution in [2.24, 2.45) is 58.2 Å². The molecule has 0 heterocycles. The molecule has 0 radical (unpaired) electrons. The van der Waals surface area contributed by atoms with Gasteiger partial charge in [-0.2, -0.15) is 0 Å². The number of aliphatic hydroxyl groups is 1. The maximum Gasteiger partial charge on any atom is 0.0603 e. The van der Waals surface area contributed by atoms with Crippen molar-refractivity contribution in [1.29, 1.82) is 0 Å². The molecule has 30 heavy (non-hydrogen) atoms. The lowest BCUT2D eigenvalue weighted by Crippen LogP contribution is -2.52. The van der Waals surface area contributed by atoms with Crippen molar-refractivity contribution in [3.05, 3.63) is 23.8 Å². The van der Waals surface area contributed by atoms with Crippen molar-refractivity contribution < 1.29 is 5.11 Å². The molecule has 3 fully saturated rings. The molecule has 10 unspecified atom stereocenters. The van der Waals surface area contributed by atoms with Crippen LogP contribution >= 0.6 is 0 Å². The van der Waals surface area contributed by atoms with Crippen LogP contribution in [0.3, 0.4) is 0 Å². The van der Waals surface area contributed by atoms with Gasteiger partial charge in [-0.3, -0.25) is 0 Å². The molecule has 1 nitrogen and oxygen atoms in total. The Balaban J connectivity index is 1.55. The molecular formula is C29H48O. The van der Waals surface area contributed by atoms with Crippen molar-refractivity contribution in [2.45, 2.75) is 99.5 Å². The van der Waals surface area contributed by atoms with E-state index in [1.54, 1.807) is 5.57 Å². The first-order valence-electron chi connectivity index (χ1n) is 13.2. The van der Waals surface area contributed by atoms with Crippen LogP contribution in [0.15, 0.2) is 23.8 Å². The highest BCUT2D eigenvalue weighted by atomic mass is 16.3. The van der Waals surface area contributed by atoms with E-state index in [4.69, 9.17) is 0 Å². The minimum absolute atomic E-state index is 0.119. The fraction of sp³-hybridized carbons (Fsp3) is 0.862. The molecule has 0 bridgehead atoms. The van der Waals surface area contributed by atoms with E-state index in [2.05, 4.69) is 66.7 Å². The summed E-state index contributed by atoms with van der Waals surface area (Å²) in [6.45, 7) is 17.0. The van der Waals surface area contributed by atoms with Gasteiger partial charge >= 0.3 is 0 Å². The van der Waals surface area contributed by atoms with Gasteiger partial charge in [0.05, 0.1) is 6.10 Å². The molecular weight excluding hydrogens is 364 g/mol. The molecule has 1 N–H and O–H groups in total. The van der Waals surface area contributed by atoms with Gasteiger partial charge in [-0.15, -0.1) is 0 Å². The molecule has 10 atom stereocenters. The molecule has 0 saturated heterocycles. The highest BCUT2D eigenvalue weighted by Gasteiger charge is 2.59. The second-order valence-corrected chi connectivity index (χ2v) is 12.7. The van der Waals surface area contributed by atoms with Crippen molar-refractivity contribution >= 4 is 0 Å². The number of hydrogen-bond donors (Lipinski definition) is 1. The lowest BCUT2D eigenvalue weighted by atomic mass is 9.46. The third-order valence-corrected chi connectivity index (χ3v) is 11.0. The molecule has 0 aromatic heterocycles. The Kier molecular flexibility index (Phi) is 6.10. The average molecular weight is 413 g/mol. The smallest absolute Gasteiger partial charge is 0.0603 e. The Bertz CT molecular complexity index is 688. The molecule has 0 aromatic rings. The molecule has 1 heteroatoms. The number of rotatable bonds is 4. The average Bonchev–Trinajstić information content (AvgIpc) is 3.06. The van der Waals surface area contributed by atoms with Gasteiger partial charge in [0.25, 0.3) is 0 Å². The first-order valence-corrected chi connectivity index (χ1v) is 13.2. The fourth-order valence-corrected chi connectivity index (χ4v) is 8.67. The number of aliphatic hydroxyl groups excluding tert-OH is 1. The first kappa shape index (κ1) is 22.6. The summed E-state index contributed by atoms with van der Waals surface area (Å²) in [7, 11) is 0. The number of hydrogen-bond acceptors (Lipinski definition) is 1. The van der Waals surface area contributed by atoms with Gasteiger partial charge in [0, 0.05) is 5.92 Å². The van der Waals surface area contributed by atoms with Crippen molar-refractivity contribution in [3.8, 4) is 0 Å². The SMILES string of the molecule is CC(C)C(C)C=CC(C)C1CCC2C3CC=C4C(C)C(O)CCC4(C)C3CCC12C. The van der Waals surface area contributed by atoms with Crippen LogP contribution in [0.1, 0.15) is 93.4 Å². The van der Waals surface area contributed by atoms with Crippen LogP contribution in [0.2, 0.25) is 0 Å². The van der Waals surface area contributed by atoms with Gasteiger partial charge in [0.1, 0.15) is 0 Å². The van der Waals surface area contributed by atoms with Crippen LogP contribution < -0.4 is 0 Å². The summed E-state index contributed by atoms with van der Waals surface area (Å²) >= 11 is 0. The Labute approximate surface area is 186 Å². The van der Waals surface area contributed by atoms with Gasteiger partial charge in [0.15, 0.2) is 0 Å². The minimum Gasteiger partial charge on any atom is -0.393 e. The Morgan fingerprint density at radius 3 is 2.40 bits per heavy atom. The van der Waals surface area contributed by atoms with E-state index in [0.717, 1.165) is 36.0 Å². The standard InChI is InChI=1S/C29H48O/c1-18(2)19(3)8-9-20(4)23-12-13-25-22-10-11-24-21(5)27(30)15-17-29(24,7)26(22)14-16-28(23,25)6/h8-9,11,18-23,25-27,30H,10,12-17H2,1-7H3. The summed E-state index contributed by atoms with van der Waals surface area (Å²) < 4.78 is 0. The van der Waals surface area contributed by atoms with Crippen LogP contribution in [0.5, 0.6) is 0 Å². The normalized spacial score (nSPS) is 48.1. The highest BCUT2D eigenvalue weighted by Crippen LogP contribution is 2.67. The van der Waals surface area contributed by atoms with E-state index in [1.165, 1.54) is 38.5 Å². The van der Waals surface area contributed by atoms with E-state index in [0.29, 0.717) is 28.6 Å². The third-order valence-electron chi connectivity index (χ3n) is 11.0. The van der Waals surface area contributed by atoms with Crippen molar-refractivity contribution in [1.82, 2.24) is 0 Å². The predicted octanol–water partition coefficient (Wildman–Crippen LogP) is 7.66. The molecule has 0 spiro atoms. The van der Waals surface area contributed by atoms with Gasteiger partial charge in [-0.05, 0) is 97.2 Å².